The maximum atomic E-state index is 2.49. The van der Waals surface area contributed by atoms with Crippen molar-refractivity contribution in [2.24, 2.45) is 11.8 Å². The molecule has 0 heteroatoms. The van der Waals surface area contributed by atoms with Crippen LogP contribution in [0.15, 0.2) is 83.1 Å². The summed E-state index contributed by atoms with van der Waals surface area (Å²) in [6.07, 6.45) is 33.6. The van der Waals surface area contributed by atoms with Crippen LogP contribution in [0.5, 0.6) is 0 Å². The summed E-state index contributed by atoms with van der Waals surface area (Å²) in [5, 5.41) is 0. The number of allylic oxidation sites excluding steroid dienone is 14. The van der Waals surface area contributed by atoms with Crippen LogP contribution in [-0.4, -0.2) is 0 Å². The van der Waals surface area contributed by atoms with Crippen molar-refractivity contribution in [1.29, 1.82) is 0 Å². The van der Waals surface area contributed by atoms with E-state index in [1.54, 1.807) is 11.1 Å². The smallest absolute Gasteiger partial charge is 0.0135 e. The predicted octanol–water partition coefficient (Wildman–Crippen LogP) is 7.79. The molecule has 0 heterocycles. The molecule has 0 N–H and O–H groups in total. The molecule has 0 spiro atoms. The Hall–Kier alpha value is -1.82. The van der Waals surface area contributed by atoms with E-state index in [2.05, 4.69) is 74.6 Å². The van der Waals surface area contributed by atoms with Gasteiger partial charge in [0.1, 0.15) is 0 Å². The normalized spacial score (nSPS) is 26.9. The van der Waals surface area contributed by atoms with Gasteiger partial charge in [-0.15, -0.1) is 0 Å². The summed E-state index contributed by atoms with van der Waals surface area (Å²) < 4.78 is 0. The molecule has 0 radical (unpaired) electrons. The van der Waals surface area contributed by atoms with Crippen molar-refractivity contribution < 1.29 is 0 Å². The summed E-state index contributed by atoms with van der Waals surface area (Å²) >= 11 is 0. The fourth-order valence-electron chi connectivity index (χ4n) is 4.21. The highest BCUT2D eigenvalue weighted by atomic mass is 14.2. The van der Waals surface area contributed by atoms with Crippen molar-refractivity contribution in [2.45, 2.75) is 65.2 Å². The molecule has 0 amide bonds. The molecular formula is C26H34. The maximum absolute atomic E-state index is 2.49. The van der Waals surface area contributed by atoms with Crippen LogP contribution >= 0.6 is 0 Å². The van der Waals surface area contributed by atoms with Gasteiger partial charge in [0.05, 0.1) is 0 Å². The van der Waals surface area contributed by atoms with Gasteiger partial charge in [0, 0.05) is 0 Å². The van der Waals surface area contributed by atoms with Gasteiger partial charge in [0.25, 0.3) is 0 Å². The summed E-state index contributed by atoms with van der Waals surface area (Å²) in [4.78, 5) is 0. The Bertz CT molecular complexity index is 688. The third-order valence-corrected chi connectivity index (χ3v) is 5.88. The van der Waals surface area contributed by atoms with Gasteiger partial charge in [-0.25, -0.2) is 0 Å². The van der Waals surface area contributed by atoms with Crippen LogP contribution in [0.4, 0.5) is 0 Å². The minimum absolute atomic E-state index is 0.590. The Morgan fingerprint density at radius 1 is 1.00 bits per heavy atom. The Balaban J connectivity index is 1.63. The first-order valence-corrected chi connectivity index (χ1v) is 10.5. The average molecular weight is 347 g/mol. The van der Waals surface area contributed by atoms with Gasteiger partial charge >= 0.3 is 0 Å². The minimum Gasteiger partial charge on any atom is -0.0877 e. The SMILES string of the molecule is C/C=C\C=C/C(C)[C@H]1C=CC(/C=C2/C=C(C3=CCCCC3)CCC2)=CC1. The summed E-state index contributed by atoms with van der Waals surface area (Å²) in [7, 11) is 0. The van der Waals surface area contributed by atoms with Gasteiger partial charge in [-0.3, -0.25) is 0 Å². The number of hydrogen-bond acceptors (Lipinski definition) is 0. The molecule has 0 aliphatic heterocycles. The first kappa shape index (κ1) is 19.0. The van der Waals surface area contributed by atoms with Crippen molar-refractivity contribution in [1.82, 2.24) is 0 Å². The van der Waals surface area contributed by atoms with E-state index in [1.807, 2.05) is 0 Å². The van der Waals surface area contributed by atoms with Crippen LogP contribution in [0.2, 0.25) is 0 Å². The molecule has 138 valence electrons. The predicted molar refractivity (Wildman–Crippen MR) is 115 cm³/mol. The van der Waals surface area contributed by atoms with E-state index < -0.39 is 0 Å². The molecule has 0 aromatic rings. The fraction of sp³-hybridized carbons (Fsp3) is 0.462. The molecule has 0 fully saturated rings. The fourth-order valence-corrected chi connectivity index (χ4v) is 4.21. The first-order chi connectivity index (χ1) is 12.8. The molecule has 0 saturated carbocycles. The van der Waals surface area contributed by atoms with E-state index in [0.29, 0.717) is 11.8 Å². The highest BCUT2D eigenvalue weighted by Gasteiger charge is 2.15. The van der Waals surface area contributed by atoms with Crippen LogP contribution in [0.25, 0.3) is 0 Å². The third kappa shape index (κ3) is 5.34. The first-order valence-electron chi connectivity index (χ1n) is 10.5. The summed E-state index contributed by atoms with van der Waals surface area (Å²) in [6.45, 7) is 4.38. The highest BCUT2D eigenvalue weighted by Crippen LogP contribution is 2.33. The molecule has 0 aromatic heterocycles. The highest BCUT2D eigenvalue weighted by molar-refractivity contribution is 5.45. The van der Waals surface area contributed by atoms with Gasteiger partial charge in [0.2, 0.25) is 0 Å². The van der Waals surface area contributed by atoms with Gasteiger partial charge in [-0.05, 0) is 92.4 Å². The van der Waals surface area contributed by atoms with Crippen LogP contribution in [0.3, 0.4) is 0 Å². The van der Waals surface area contributed by atoms with E-state index in [9.17, 15) is 0 Å². The molecular weight excluding hydrogens is 312 g/mol. The minimum atomic E-state index is 0.590. The van der Waals surface area contributed by atoms with Gasteiger partial charge in [-0.2, -0.15) is 0 Å². The standard InChI is InChI=1S/C26H34/c1-3-4-6-10-21(2)24-17-15-22(16-18-24)19-23-11-9-14-26(20-23)25-12-7-5-8-13-25/h3-4,6,10,12,15-17,19-21,24H,5,7-9,11,13-14,18H2,1-2H3/b4-3-,10-6-,23-19+/t21?,24-/m0/s1. The van der Waals surface area contributed by atoms with E-state index in [1.165, 1.54) is 56.1 Å². The monoisotopic (exact) mass is 346 g/mol. The molecule has 3 aliphatic rings. The van der Waals surface area contributed by atoms with Crippen LogP contribution in [0, 0.1) is 11.8 Å². The molecule has 2 atom stereocenters. The van der Waals surface area contributed by atoms with Crippen molar-refractivity contribution in [3.63, 3.8) is 0 Å². The molecule has 0 aromatic carbocycles. The van der Waals surface area contributed by atoms with Crippen molar-refractivity contribution in [3.05, 3.63) is 83.1 Å². The van der Waals surface area contributed by atoms with E-state index in [-0.39, 0.29) is 0 Å². The zero-order chi connectivity index (χ0) is 18.2. The molecule has 3 rings (SSSR count). The quantitative estimate of drug-likeness (QED) is 0.445. The summed E-state index contributed by atoms with van der Waals surface area (Å²) in [6, 6.07) is 0. The van der Waals surface area contributed by atoms with Crippen molar-refractivity contribution in [2.75, 3.05) is 0 Å². The Labute approximate surface area is 160 Å². The van der Waals surface area contributed by atoms with Gasteiger partial charge in [-0.1, -0.05) is 67.7 Å². The Morgan fingerprint density at radius 3 is 2.62 bits per heavy atom. The third-order valence-electron chi connectivity index (χ3n) is 5.88. The van der Waals surface area contributed by atoms with Crippen LogP contribution in [0.1, 0.15) is 65.2 Å². The zero-order valence-electron chi connectivity index (χ0n) is 16.6. The van der Waals surface area contributed by atoms with Gasteiger partial charge in [0.15, 0.2) is 0 Å². The molecule has 3 aliphatic carbocycles. The lowest BCUT2D eigenvalue weighted by atomic mass is 9.83. The Morgan fingerprint density at radius 2 is 1.88 bits per heavy atom. The lowest BCUT2D eigenvalue weighted by Gasteiger charge is -2.22. The zero-order valence-corrected chi connectivity index (χ0v) is 16.6. The lowest BCUT2D eigenvalue weighted by molar-refractivity contribution is 0.513. The topological polar surface area (TPSA) is 0 Å². The molecule has 0 bridgehead atoms. The number of hydrogen-bond donors (Lipinski definition) is 0. The largest absolute Gasteiger partial charge is 0.0877 e. The van der Waals surface area contributed by atoms with Gasteiger partial charge < -0.3 is 0 Å². The molecule has 0 saturated heterocycles. The second-order valence-electron chi connectivity index (χ2n) is 7.95. The van der Waals surface area contributed by atoms with E-state index >= 15 is 0 Å². The molecule has 0 nitrogen and oxygen atoms in total. The number of rotatable bonds is 5. The maximum Gasteiger partial charge on any atom is -0.0135 e. The van der Waals surface area contributed by atoms with E-state index in [0.717, 1.165) is 6.42 Å². The molecule has 1 unspecified atom stereocenters. The second-order valence-corrected chi connectivity index (χ2v) is 7.95. The lowest BCUT2D eigenvalue weighted by Crippen LogP contribution is -2.08. The van der Waals surface area contributed by atoms with Crippen molar-refractivity contribution in [3.8, 4) is 0 Å². The van der Waals surface area contributed by atoms with Crippen LogP contribution in [-0.2, 0) is 0 Å². The summed E-state index contributed by atoms with van der Waals surface area (Å²) in [5.41, 5.74) is 6.17. The Kier molecular flexibility index (Phi) is 7.12. The second kappa shape index (κ2) is 9.76. The average Bonchev–Trinajstić information content (AvgIpc) is 2.69. The van der Waals surface area contributed by atoms with Crippen molar-refractivity contribution >= 4 is 0 Å². The summed E-state index contributed by atoms with van der Waals surface area (Å²) in [5.74, 6) is 1.22. The molecule has 26 heavy (non-hydrogen) atoms. The van der Waals surface area contributed by atoms with Crippen LogP contribution < -0.4 is 0 Å². The van der Waals surface area contributed by atoms with E-state index in [4.69, 9.17) is 0 Å².